The largest absolute Gasteiger partial charge is 0.318 e. The first-order chi connectivity index (χ1) is 14.9. The van der Waals surface area contributed by atoms with Crippen LogP contribution in [0, 0.1) is 0 Å². The van der Waals surface area contributed by atoms with Gasteiger partial charge in [-0.1, -0.05) is 86.9 Å². The minimum atomic E-state index is -1.76. The lowest BCUT2D eigenvalue weighted by molar-refractivity contribution is 0.177. The highest BCUT2D eigenvalue weighted by atomic mass is 28.3. The van der Waals surface area contributed by atoms with Crippen molar-refractivity contribution in [3.8, 4) is 0 Å². The van der Waals surface area contributed by atoms with Gasteiger partial charge in [0, 0.05) is 33.5 Å². The van der Waals surface area contributed by atoms with Crippen LogP contribution in [0.3, 0.4) is 0 Å². The maximum atomic E-state index is 3.12. The zero-order valence-corrected chi connectivity index (χ0v) is 26.6. The number of hydrogen-bond donors (Lipinski definition) is 0. The maximum Gasteiger partial charge on any atom is 0.133 e. The Morgan fingerprint density at radius 2 is 1.03 bits per heavy atom. The van der Waals surface area contributed by atoms with E-state index in [-0.39, 0.29) is 11.1 Å². The van der Waals surface area contributed by atoms with Crippen molar-refractivity contribution in [1.29, 1.82) is 0 Å². The molecular weight excluding hydrogens is 449 g/mol. The SMILES string of the molecule is CC(C)(C)N1C([Si](C)(C)C2CC3=CC=CC3[Si](C)(C)N2C(C)(C)C)CC2=CC=CC2[Si]1(C)C. The summed E-state index contributed by atoms with van der Waals surface area (Å²) in [6, 6.07) is 0. The standard InChI is InChI=1S/C28H50N2Si3/c1-27(2,3)29-25(19-21-15-13-17-23(21)32(29,9)10)31(7,8)26-20-22-16-14-18-24(22)33(11,12)30(26)28(4,5)6/h13-18,23-26H,19-20H2,1-12H3. The van der Waals surface area contributed by atoms with Crippen LogP contribution in [0.2, 0.25) is 50.4 Å². The summed E-state index contributed by atoms with van der Waals surface area (Å²) in [7, 11) is -5.11. The monoisotopic (exact) mass is 498 g/mol. The lowest BCUT2D eigenvalue weighted by atomic mass is 10.1. The van der Waals surface area contributed by atoms with Crippen molar-refractivity contribution in [2.75, 3.05) is 0 Å². The van der Waals surface area contributed by atoms with Crippen LogP contribution >= 0.6 is 0 Å². The molecule has 0 bridgehead atoms. The van der Waals surface area contributed by atoms with Gasteiger partial charge in [-0.25, -0.2) is 0 Å². The molecule has 33 heavy (non-hydrogen) atoms. The minimum absolute atomic E-state index is 0.206. The van der Waals surface area contributed by atoms with Crippen LogP contribution in [-0.2, 0) is 0 Å². The Labute approximate surface area is 208 Å². The van der Waals surface area contributed by atoms with Gasteiger partial charge >= 0.3 is 0 Å². The molecule has 0 spiro atoms. The van der Waals surface area contributed by atoms with Crippen LogP contribution in [0.5, 0.6) is 0 Å². The van der Waals surface area contributed by atoms with Gasteiger partial charge < -0.3 is 9.13 Å². The van der Waals surface area contributed by atoms with Crippen LogP contribution in [0.25, 0.3) is 0 Å². The van der Waals surface area contributed by atoms with Crippen molar-refractivity contribution in [3.63, 3.8) is 0 Å². The molecule has 0 saturated carbocycles. The normalized spacial score (nSPS) is 34.2. The first kappa shape index (κ1) is 25.6. The molecule has 4 aliphatic rings. The van der Waals surface area contributed by atoms with Crippen molar-refractivity contribution in [2.45, 2.75) is 127 Å². The molecular formula is C28H50N2Si3. The zero-order valence-electron chi connectivity index (χ0n) is 23.6. The summed E-state index contributed by atoms with van der Waals surface area (Å²) in [5, 5.41) is 0. The number of nitrogens with zero attached hydrogens (tertiary/aromatic N) is 2. The first-order valence-corrected chi connectivity index (χ1v) is 22.4. The molecule has 184 valence electrons. The molecule has 0 aromatic rings. The van der Waals surface area contributed by atoms with Gasteiger partial charge in [-0.05, 0) is 54.4 Å². The van der Waals surface area contributed by atoms with Gasteiger partial charge in [0.15, 0.2) is 0 Å². The topological polar surface area (TPSA) is 6.48 Å². The maximum absolute atomic E-state index is 3.12. The van der Waals surface area contributed by atoms with E-state index in [0.29, 0.717) is 22.4 Å². The highest BCUT2D eigenvalue weighted by Gasteiger charge is 2.61. The molecule has 4 unspecified atom stereocenters. The average molecular weight is 499 g/mol. The highest BCUT2D eigenvalue weighted by molar-refractivity contribution is 6.87. The summed E-state index contributed by atoms with van der Waals surface area (Å²) in [6.07, 6.45) is 17.3. The molecule has 2 saturated heterocycles. The Bertz CT molecular complexity index is 850. The van der Waals surface area contributed by atoms with Gasteiger partial charge in [-0.2, -0.15) is 0 Å². The van der Waals surface area contributed by atoms with Gasteiger partial charge in [-0.15, -0.1) is 0 Å². The van der Waals surface area contributed by atoms with Gasteiger partial charge in [0.1, 0.15) is 16.5 Å². The molecule has 2 fully saturated rings. The lowest BCUT2D eigenvalue weighted by Gasteiger charge is -2.65. The third kappa shape index (κ3) is 3.94. The molecule has 0 aromatic carbocycles. The summed E-state index contributed by atoms with van der Waals surface area (Å²) >= 11 is 0. The average Bonchev–Trinajstić information content (AvgIpc) is 3.27. The van der Waals surface area contributed by atoms with E-state index in [9.17, 15) is 0 Å². The molecule has 0 radical (unpaired) electrons. The fourth-order valence-corrected chi connectivity index (χ4v) is 25.9. The van der Waals surface area contributed by atoms with Crippen molar-refractivity contribution in [2.24, 2.45) is 0 Å². The van der Waals surface area contributed by atoms with Crippen LogP contribution < -0.4 is 0 Å². The van der Waals surface area contributed by atoms with Crippen molar-refractivity contribution in [1.82, 2.24) is 9.13 Å². The fraction of sp³-hybridized carbons (Fsp3) is 0.714. The smallest absolute Gasteiger partial charge is 0.133 e. The lowest BCUT2D eigenvalue weighted by Crippen LogP contribution is -2.79. The number of fused-ring (bicyclic) bond motifs is 2. The summed E-state index contributed by atoms with van der Waals surface area (Å²) in [6.45, 7) is 31.1. The van der Waals surface area contributed by atoms with E-state index in [4.69, 9.17) is 0 Å². The number of allylic oxidation sites excluding steroid dienone is 6. The second kappa shape index (κ2) is 7.76. The molecule has 2 aliphatic carbocycles. The van der Waals surface area contributed by atoms with Crippen LogP contribution in [0.4, 0.5) is 0 Å². The van der Waals surface area contributed by atoms with E-state index in [2.05, 4.69) is 126 Å². The molecule has 2 heterocycles. The van der Waals surface area contributed by atoms with Gasteiger partial charge in [-0.3, -0.25) is 0 Å². The van der Waals surface area contributed by atoms with Crippen molar-refractivity contribution >= 4 is 24.5 Å². The number of hydrogen-bond acceptors (Lipinski definition) is 2. The third-order valence-electron chi connectivity index (χ3n) is 9.44. The summed E-state index contributed by atoms with van der Waals surface area (Å²) in [4.78, 5) is 0. The Morgan fingerprint density at radius 3 is 1.33 bits per heavy atom. The molecule has 4 atom stereocenters. The molecule has 4 rings (SSSR count). The predicted molar refractivity (Wildman–Crippen MR) is 154 cm³/mol. The van der Waals surface area contributed by atoms with E-state index >= 15 is 0 Å². The van der Waals surface area contributed by atoms with E-state index in [1.54, 1.807) is 11.1 Å². The Morgan fingerprint density at radius 1 is 0.697 bits per heavy atom. The molecule has 5 heteroatoms. The number of rotatable bonds is 2. The molecule has 2 aliphatic heterocycles. The van der Waals surface area contributed by atoms with Crippen molar-refractivity contribution in [3.05, 3.63) is 47.6 Å². The van der Waals surface area contributed by atoms with Gasteiger partial charge in [0.2, 0.25) is 0 Å². The van der Waals surface area contributed by atoms with Crippen LogP contribution in [0.15, 0.2) is 47.6 Å². The van der Waals surface area contributed by atoms with Crippen molar-refractivity contribution < 1.29 is 0 Å². The summed E-state index contributed by atoms with van der Waals surface area (Å²) in [5.74, 6) is 0. The van der Waals surface area contributed by atoms with Crippen LogP contribution in [-0.4, -0.2) is 56.1 Å². The van der Waals surface area contributed by atoms with E-state index < -0.39 is 24.5 Å². The first-order valence-electron chi connectivity index (χ1n) is 13.2. The fourth-order valence-electron chi connectivity index (χ4n) is 8.61. The Balaban J connectivity index is 1.84. The van der Waals surface area contributed by atoms with E-state index in [0.717, 1.165) is 0 Å². The molecule has 0 amide bonds. The van der Waals surface area contributed by atoms with Crippen LogP contribution in [0.1, 0.15) is 54.4 Å². The second-order valence-electron chi connectivity index (χ2n) is 14.9. The van der Waals surface area contributed by atoms with Gasteiger partial charge in [0.25, 0.3) is 0 Å². The van der Waals surface area contributed by atoms with Gasteiger partial charge in [0.05, 0.1) is 8.07 Å². The second-order valence-corrected chi connectivity index (χ2v) is 28.7. The highest BCUT2D eigenvalue weighted by Crippen LogP contribution is 2.54. The third-order valence-corrected chi connectivity index (χ3v) is 22.9. The quantitative estimate of drug-likeness (QED) is 0.360. The zero-order chi connectivity index (χ0) is 24.8. The molecule has 0 N–H and O–H groups in total. The van der Waals surface area contributed by atoms with E-state index in [1.807, 2.05) is 0 Å². The predicted octanol–water partition coefficient (Wildman–Crippen LogP) is 7.66. The Kier molecular flexibility index (Phi) is 6.03. The minimum Gasteiger partial charge on any atom is -0.318 e. The van der Waals surface area contributed by atoms with E-state index in [1.165, 1.54) is 12.8 Å². The summed E-state index contributed by atoms with van der Waals surface area (Å²) < 4.78 is 6.24. The summed E-state index contributed by atoms with van der Waals surface area (Å²) in [5.41, 5.74) is 6.69. The molecule has 0 aromatic heterocycles. The Hall–Kier alpha value is -0.469. The molecule has 2 nitrogen and oxygen atoms in total.